The van der Waals surface area contributed by atoms with Crippen LogP contribution in [0.1, 0.15) is 77.5 Å². The van der Waals surface area contributed by atoms with Crippen LogP contribution in [0, 0.1) is 29.1 Å². The highest BCUT2D eigenvalue weighted by molar-refractivity contribution is 5.96. The molecule has 0 bridgehead atoms. The lowest BCUT2D eigenvalue weighted by molar-refractivity contribution is -0.143. The van der Waals surface area contributed by atoms with Crippen LogP contribution in [0.3, 0.4) is 0 Å². The Morgan fingerprint density at radius 3 is 1.89 bits per heavy atom. The minimum atomic E-state index is -1.28. The number of nitrogens with two attached hydrogens (primary N) is 1. The van der Waals surface area contributed by atoms with Crippen molar-refractivity contribution in [1.82, 2.24) is 31.2 Å². The van der Waals surface area contributed by atoms with Gasteiger partial charge in [-0.3, -0.25) is 29.4 Å². The third-order valence-corrected chi connectivity index (χ3v) is 9.05. The van der Waals surface area contributed by atoms with Gasteiger partial charge in [-0.2, -0.15) is 0 Å². The molecule has 1 heterocycles. The number of Topliss-reactive ketones (excluding diaryl/α,β-unsaturated/α-hetero) is 2. The van der Waals surface area contributed by atoms with Crippen LogP contribution in [0.4, 0.5) is 0 Å². The summed E-state index contributed by atoms with van der Waals surface area (Å²) in [6, 6.07) is 2.82. The van der Waals surface area contributed by atoms with Gasteiger partial charge >= 0.3 is 5.97 Å². The molecular formula is C37H56N8O8. The number of nitrogens with zero attached hydrogens (tertiary/aromatic N) is 1. The molecule has 16 nitrogen and oxygen atoms in total. The number of ketones is 2. The Balaban J connectivity index is 2.31. The molecule has 1 aromatic heterocycles. The van der Waals surface area contributed by atoms with Crippen LogP contribution < -0.4 is 27.0 Å². The summed E-state index contributed by atoms with van der Waals surface area (Å²) in [6.07, 6.45) is 4.00. The number of carboxylic acid groups (broad SMARTS) is 1. The molecule has 53 heavy (non-hydrogen) atoms. The van der Waals surface area contributed by atoms with Gasteiger partial charge < -0.3 is 42.2 Å². The zero-order valence-corrected chi connectivity index (χ0v) is 31.2. The molecule has 3 amide bonds. The number of nitrogens with one attached hydrogen (secondary N) is 6. The lowest BCUT2D eigenvalue weighted by Crippen LogP contribution is -2.50. The van der Waals surface area contributed by atoms with Gasteiger partial charge in [-0.15, -0.1) is 0 Å². The fourth-order valence-electron chi connectivity index (χ4n) is 5.85. The predicted molar refractivity (Wildman–Crippen MR) is 198 cm³/mol. The Hall–Kier alpha value is -5.12. The first-order chi connectivity index (χ1) is 25.0. The number of aromatic nitrogens is 2. The maximum atomic E-state index is 14.0. The van der Waals surface area contributed by atoms with Crippen LogP contribution in [-0.2, 0) is 41.6 Å². The number of carbonyl (C=O) groups excluding carboxylic acids is 5. The molecule has 0 aliphatic rings. The highest BCUT2D eigenvalue weighted by Crippen LogP contribution is 2.22. The Labute approximate surface area is 310 Å². The van der Waals surface area contributed by atoms with Crippen LogP contribution in [-0.4, -0.2) is 93.0 Å². The summed E-state index contributed by atoms with van der Waals surface area (Å²) in [7, 11) is 1.60. The predicted octanol–water partition coefficient (Wildman–Crippen LogP) is 1.62. The molecule has 2 rings (SSSR count). The quantitative estimate of drug-likeness (QED) is 0.0401. The summed E-state index contributed by atoms with van der Waals surface area (Å²) < 4.78 is 0. The molecule has 0 spiro atoms. The van der Waals surface area contributed by atoms with E-state index in [2.05, 4.69) is 31.2 Å². The summed E-state index contributed by atoms with van der Waals surface area (Å²) in [5.41, 5.74) is 6.58. The summed E-state index contributed by atoms with van der Waals surface area (Å²) >= 11 is 0. The second-order valence-electron chi connectivity index (χ2n) is 14.1. The van der Waals surface area contributed by atoms with Gasteiger partial charge in [0.2, 0.25) is 17.7 Å². The van der Waals surface area contributed by atoms with E-state index < -0.39 is 53.5 Å². The van der Waals surface area contributed by atoms with Gasteiger partial charge in [0.05, 0.1) is 30.8 Å². The van der Waals surface area contributed by atoms with E-state index in [0.29, 0.717) is 36.9 Å². The molecule has 0 saturated heterocycles. The van der Waals surface area contributed by atoms with Gasteiger partial charge in [0.1, 0.15) is 11.8 Å². The van der Waals surface area contributed by atoms with E-state index in [4.69, 9.17) is 11.1 Å². The number of imidazole rings is 1. The average molecular weight is 741 g/mol. The number of amidine groups is 1. The number of phenols is 1. The number of rotatable bonds is 25. The van der Waals surface area contributed by atoms with Crippen molar-refractivity contribution in [3.8, 4) is 5.75 Å². The number of likely N-dealkylation sites (N-methyl/N-ethyl adjacent to an activating group) is 1. The van der Waals surface area contributed by atoms with E-state index in [-0.39, 0.29) is 67.3 Å². The van der Waals surface area contributed by atoms with E-state index >= 15 is 0 Å². The van der Waals surface area contributed by atoms with E-state index in [1.54, 1.807) is 46.9 Å². The largest absolute Gasteiger partial charge is 0.508 e. The van der Waals surface area contributed by atoms with Gasteiger partial charge in [-0.1, -0.05) is 46.2 Å². The molecule has 0 fully saturated rings. The zero-order valence-electron chi connectivity index (χ0n) is 31.2. The zero-order chi connectivity index (χ0) is 39.7. The Morgan fingerprint density at radius 1 is 0.830 bits per heavy atom. The molecule has 1 unspecified atom stereocenters. The highest BCUT2D eigenvalue weighted by Gasteiger charge is 2.35. The van der Waals surface area contributed by atoms with Crippen molar-refractivity contribution in [2.45, 2.75) is 97.2 Å². The van der Waals surface area contributed by atoms with Crippen molar-refractivity contribution < 1.29 is 39.0 Å². The van der Waals surface area contributed by atoms with Gasteiger partial charge in [-0.05, 0) is 55.8 Å². The van der Waals surface area contributed by atoms with Crippen molar-refractivity contribution in [1.29, 1.82) is 5.41 Å². The summed E-state index contributed by atoms with van der Waals surface area (Å²) in [4.78, 5) is 86.2. The van der Waals surface area contributed by atoms with Crippen molar-refractivity contribution >= 4 is 41.1 Å². The second kappa shape index (κ2) is 22.1. The van der Waals surface area contributed by atoms with Crippen LogP contribution in [0.2, 0.25) is 0 Å². The molecule has 16 heteroatoms. The lowest BCUT2D eigenvalue weighted by Gasteiger charge is -2.27. The standard InChI is InChI=1S/C37H56N8O8/c1-21(2)26(16-31(47)28(43-34(49)19-40-5)8-6-7-9-33(38)39)35(50)44-29(14-23-10-12-25(46)13-11-23)32(48)17-27(22(3)4)36(51)45-30(37(52)53)15-24-18-41-20-42-24/h10-13,18,20-22,26-30,40,46H,6-9,14-17,19H2,1-5H3,(H3,38,39)(H,41,42)(H,43,49)(H,44,50)(H,45,51)(H,52,53)/t26-,27-,28-,29?,30-/m0/s1. The maximum absolute atomic E-state index is 14.0. The number of carbonyl (C=O) groups is 6. The Bertz CT molecular complexity index is 1530. The topological polar surface area (TPSA) is 270 Å². The SMILES string of the molecule is CNCC(=O)N[C@@H](CCCCC(=N)N)C(=O)C[C@H](C(=O)NC(Cc1ccc(O)cc1)C(=O)C[C@H](C(=O)N[C@@H](Cc1cnc[nH]1)C(=O)O)C(C)C)C(C)C. The third kappa shape index (κ3) is 15.6. The fourth-order valence-corrected chi connectivity index (χ4v) is 5.85. The number of aromatic amines is 1. The molecule has 2 aromatic rings. The smallest absolute Gasteiger partial charge is 0.326 e. The van der Waals surface area contributed by atoms with Gasteiger partial charge in [0.25, 0.3) is 0 Å². The van der Waals surface area contributed by atoms with Crippen LogP contribution >= 0.6 is 0 Å². The third-order valence-electron chi connectivity index (χ3n) is 9.05. The summed E-state index contributed by atoms with van der Waals surface area (Å²) in [6.45, 7) is 7.02. The number of phenolic OH excluding ortho intramolecular Hbond substituents is 1. The number of aromatic hydroxyl groups is 1. The van der Waals surface area contributed by atoms with Crippen LogP contribution in [0.5, 0.6) is 5.75 Å². The molecule has 10 N–H and O–H groups in total. The molecule has 0 aliphatic heterocycles. The number of carboxylic acids is 1. The van der Waals surface area contributed by atoms with Crippen molar-refractivity contribution in [2.75, 3.05) is 13.6 Å². The number of aliphatic carboxylic acids is 1. The monoisotopic (exact) mass is 740 g/mol. The molecule has 5 atom stereocenters. The maximum Gasteiger partial charge on any atom is 0.326 e. The van der Waals surface area contributed by atoms with Gasteiger partial charge in [0.15, 0.2) is 11.6 Å². The van der Waals surface area contributed by atoms with Crippen LogP contribution in [0.25, 0.3) is 0 Å². The Kier molecular flexibility index (Phi) is 18.3. The summed E-state index contributed by atoms with van der Waals surface area (Å²) in [5.74, 6) is -6.15. The first-order valence-corrected chi connectivity index (χ1v) is 17.9. The minimum absolute atomic E-state index is 0.0105. The molecule has 0 saturated carbocycles. The first-order valence-electron chi connectivity index (χ1n) is 17.9. The molecule has 0 aliphatic carbocycles. The minimum Gasteiger partial charge on any atom is -0.508 e. The molecule has 0 radical (unpaired) electrons. The Morgan fingerprint density at radius 2 is 1.40 bits per heavy atom. The molecule has 292 valence electrons. The number of benzene rings is 1. The first kappa shape index (κ1) is 44.0. The van der Waals surface area contributed by atoms with Crippen molar-refractivity contribution in [2.24, 2.45) is 29.4 Å². The number of H-pyrrole nitrogens is 1. The number of amides is 3. The number of hydrogen-bond donors (Lipinski definition) is 9. The molecule has 1 aromatic carbocycles. The fraction of sp³-hybridized carbons (Fsp3) is 0.568. The highest BCUT2D eigenvalue weighted by atomic mass is 16.4. The normalized spacial score (nSPS) is 14.1. The van der Waals surface area contributed by atoms with Crippen LogP contribution in [0.15, 0.2) is 36.8 Å². The van der Waals surface area contributed by atoms with Crippen molar-refractivity contribution in [3.05, 3.63) is 48.0 Å². The van der Waals surface area contributed by atoms with E-state index in [0.717, 1.165) is 0 Å². The molecular weight excluding hydrogens is 684 g/mol. The number of unbranched alkanes of at least 4 members (excludes halogenated alkanes) is 1. The van der Waals surface area contributed by atoms with E-state index in [9.17, 15) is 39.0 Å². The second-order valence-corrected chi connectivity index (χ2v) is 14.1. The van der Waals surface area contributed by atoms with Gasteiger partial charge in [0, 0.05) is 49.4 Å². The van der Waals surface area contributed by atoms with Crippen molar-refractivity contribution in [3.63, 3.8) is 0 Å². The van der Waals surface area contributed by atoms with E-state index in [1.807, 2.05) is 0 Å². The number of hydrogen-bond acceptors (Lipinski definition) is 10. The average Bonchev–Trinajstić information content (AvgIpc) is 3.60. The lowest BCUT2D eigenvalue weighted by atomic mass is 9.85. The van der Waals surface area contributed by atoms with E-state index in [1.165, 1.54) is 24.7 Å². The van der Waals surface area contributed by atoms with Gasteiger partial charge in [-0.25, -0.2) is 9.78 Å². The summed E-state index contributed by atoms with van der Waals surface area (Å²) in [5, 5.41) is 37.9.